The molecule has 4 aromatic rings. The van der Waals surface area contributed by atoms with E-state index in [1.54, 1.807) is 36.4 Å². The minimum atomic E-state index is -1.38. The molecule has 0 unspecified atom stereocenters. The fourth-order valence-electron chi connectivity index (χ4n) is 3.84. The predicted octanol–water partition coefficient (Wildman–Crippen LogP) is 5.07. The molecule has 0 radical (unpaired) electrons. The second-order valence-electron chi connectivity index (χ2n) is 8.85. The van der Waals surface area contributed by atoms with Gasteiger partial charge in [-0.05, 0) is 90.5 Å². The highest BCUT2D eigenvalue weighted by Gasteiger charge is 2.19. The summed E-state index contributed by atoms with van der Waals surface area (Å²) in [7, 11) is 0. The van der Waals surface area contributed by atoms with Crippen molar-refractivity contribution in [3.63, 3.8) is 0 Å². The molecule has 0 saturated carbocycles. The Kier molecular flexibility index (Phi) is 8.98. The maximum atomic E-state index is 12.7. The molecule has 1 amide bonds. The van der Waals surface area contributed by atoms with Crippen LogP contribution in [-0.2, 0) is 11.4 Å². The van der Waals surface area contributed by atoms with Gasteiger partial charge in [-0.2, -0.15) is 0 Å². The number of anilines is 2. The first-order chi connectivity index (χ1) is 20.5. The van der Waals surface area contributed by atoms with Gasteiger partial charge in [0.25, 0.3) is 5.91 Å². The van der Waals surface area contributed by atoms with Crippen LogP contribution in [0.3, 0.4) is 0 Å². The SMILES string of the molecule is O=C(O)c1ccc(C(=O)O)c(CONc2ccc(Oc3ccc(NC(=O)c4cc(C(=O)O)ccc4C(=O)O)cc3)cc2)c1. The van der Waals surface area contributed by atoms with Crippen LogP contribution in [0.2, 0.25) is 0 Å². The fraction of sp³-hybridized carbons (Fsp3) is 0.0333. The zero-order chi connectivity index (χ0) is 31.1. The number of rotatable bonds is 12. The molecule has 218 valence electrons. The lowest BCUT2D eigenvalue weighted by Gasteiger charge is -2.12. The summed E-state index contributed by atoms with van der Waals surface area (Å²) in [5, 5.41) is 39.5. The van der Waals surface area contributed by atoms with E-state index < -0.39 is 29.8 Å². The summed E-state index contributed by atoms with van der Waals surface area (Å²) >= 11 is 0. The molecule has 0 saturated heterocycles. The Labute approximate surface area is 242 Å². The lowest BCUT2D eigenvalue weighted by atomic mass is 10.0. The molecule has 4 rings (SSSR count). The predicted molar refractivity (Wildman–Crippen MR) is 150 cm³/mol. The van der Waals surface area contributed by atoms with Crippen LogP contribution in [0.25, 0.3) is 0 Å². The van der Waals surface area contributed by atoms with Crippen molar-refractivity contribution < 1.29 is 54.0 Å². The summed E-state index contributed by atoms with van der Waals surface area (Å²) in [4.78, 5) is 63.4. The van der Waals surface area contributed by atoms with Gasteiger partial charge in [-0.1, -0.05) is 0 Å². The van der Waals surface area contributed by atoms with Crippen LogP contribution >= 0.6 is 0 Å². The molecule has 0 aromatic heterocycles. The third-order valence-corrected chi connectivity index (χ3v) is 5.94. The first-order valence-corrected chi connectivity index (χ1v) is 12.3. The molecular weight excluding hydrogens is 564 g/mol. The molecule has 6 N–H and O–H groups in total. The molecule has 0 aliphatic carbocycles. The van der Waals surface area contributed by atoms with Gasteiger partial charge >= 0.3 is 23.9 Å². The number of hydrogen-bond donors (Lipinski definition) is 6. The average molecular weight is 587 g/mol. The number of ether oxygens (including phenoxy) is 1. The molecule has 0 aliphatic rings. The third-order valence-electron chi connectivity index (χ3n) is 5.94. The number of carbonyl (C=O) groups is 5. The Bertz CT molecular complexity index is 1720. The molecule has 4 aromatic carbocycles. The zero-order valence-corrected chi connectivity index (χ0v) is 21.9. The Morgan fingerprint density at radius 3 is 1.60 bits per heavy atom. The maximum Gasteiger partial charge on any atom is 0.336 e. The van der Waals surface area contributed by atoms with Gasteiger partial charge < -0.3 is 30.5 Å². The van der Waals surface area contributed by atoms with Crippen molar-refractivity contribution in [1.29, 1.82) is 0 Å². The highest BCUT2D eigenvalue weighted by Crippen LogP contribution is 2.25. The van der Waals surface area contributed by atoms with Crippen molar-refractivity contribution in [3.8, 4) is 11.5 Å². The standard InChI is InChI=1S/C30H22N2O11/c33-26(25-14-17(28(36)37)2-12-24(25)30(40)41)31-19-3-7-21(8-4-19)43-22-9-5-20(6-10-22)32-42-15-18-13-16(27(34)35)1-11-23(18)29(38)39/h1-14,32H,15H2,(H,31,33)(H,34,35)(H,36,37)(H,38,39)(H,40,41). The van der Waals surface area contributed by atoms with Crippen molar-refractivity contribution in [3.05, 3.63) is 118 Å². The van der Waals surface area contributed by atoms with E-state index in [2.05, 4.69) is 10.8 Å². The number of carboxylic acids is 4. The number of aromatic carboxylic acids is 4. The Balaban J connectivity index is 1.34. The van der Waals surface area contributed by atoms with Crippen LogP contribution in [0.15, 0.2) is 84.9 Å². The highest BCUT2D eigenvalue weighted by atomic mass is 16.6. The van der Waals surface area contributed by atoms with E-state index in [1.165, 1.54) is 30.3 Å². The van der Waals surface area contributed by atoms with Crippen molar-refractivity contribution in [2.24, 2.45) is 0 Å². The molecule has 13 nitrogen and oxygen atoms in total. The first-order valence-electron chi connectivity index (χ1n) is 12.3. The minimum absolute atomic E-state index is 0.0710. The van der Waals surface area contributed by atoms with Crippen molar-refractivity contribution in [2.75, 3.05) is 10.8 Å². The van der Waals surface area contributed by atoms with E-state index in [4.69, 9.17) is 14.7 Å². The molecule has 0 bridgehead atoms. The topological polar surface area (TPSA) is 209 Å². The summed E-state index contributed by atoms with van der Waals surface area (Å²) in [5.74, 6) is -5.04. The average Bonchev–Trinajstić information content (AvgIpc) is 2.98. The second-order valence-corrected chi connectivity index (χ2v) is 8.85. The maximum absolute atomic E-state index is 12.7. The number of carbonyl (C=O) groups excluding carboxylic acids is 1. The molecular formula is C30H22N2O11. The van der Waals surface area contributed by atoms with Crippen LogP contribution < -0.4 is 15.5 Å². The number of carboxylic acid groups (broad SMARTS) is 4. The van der Waals surface area contributed by atoms with Gasteiger partial charge in [-0.15, -0.1) is 0 Å². The zero-order valence-electron chi connectivity index (χ0n) is 21.9. The normalized spacial score (nSPS) is 10.4. The summed E-state index contributed by atoms with van der Waals surface area (Å²) in [6.45, 7) is -0.216. The van der Waals surface area contributed by atoms with Crippen molar-refractivity contribution >= 4 is 41.2 Å². The molecule has 43 heavy (non-hydrogen) atoms. The second kappa shape index (κ2) is 13.0. The lowest BCUT2D eigenvalue weighted by molar-refractivity contribution is 0.0677. The van der Waals surface area contributed by atoms with Crippen LogP contribution in [-0.4, -0.2) is 50.2 Å². The van der Waals surface area contributed by atoms with E-state index in [0.717, 1.165) is 18.2 Å². The van der Waals surface area contributed by atoms with Gasteiger partial charge in [-0.3, -0.25) is 15.1 Å². The van der Waals surface area contributed by atoms with Crippen LogP contribution in [0.5, 0.6) is 11.5 Å². The quantitative estimate of drug-likeness (QED) is 0.120. The monoisotopic (exact) mass is 586 g/mol. The number of amides is 1. The van der Waals surface area contributed by atoms with Crippen molar-refractivity contribution in [1.82, 2.24) is 0 Å². The molecule has 0 spiro atoms. The molecule has 13 heteroatoms. The Morgan fingerprint density at radius 1 is 0.558 bits per heavy atom. The van der Waals surface area contributed by atoms with E-state index in [-0.39, 0.29) is 40.0 Å². The molecule has 0 heterocycles. The van der Waals surface area contributed by atoms with Gasteiger partial charge in [0.15, 0.2) is 0 Å². The minimum Gasteiger partial charge on any atom is -0.478 e. The van der Waals surface area contributed by atoms with Crippen LogP contribution in [0, 0.1) is 0 Å². The van der Waals surface area contributed by atoms with E-state index in [0.29, 0.717) is 22.9 Å². The van der Waals surface area contributed by atoms with E-state index >= 15 is 0 Å². The number of hydrogen-bond acceptors (Lipinski definition) is 8. The molecule has 0 aliphatic heterocycles. The van der Waals surface area contributed by atoms with Gasteiger partial charge in [0.1, 0.15) is 18.1 Å². The molecule has 0 atom stereocenters. The highest BCUT2D eigenvalue weighted by molar-refractivity contribution is 6.11. The van der Waals surface area contributed by atoms with Crippen molar-refractivity contribution in [2.45, 2.75) is 6.61 Å². The summed E-state index contributed by atoms with van der Waals surface area (Å²) in [6.07, 6.45) is 0. The number of nitrogens with one attached hydrogen (secondary N) is 2. The van der Waals surface area contributed by atoms with Gasteiger partial charge in [-0.25, -0.2) is 19.2 Å². The third kappa shape index (κ3) is 7.50. The van der Waals surface area contributed by atoms with Crippen LogP contribution in [0.4, 0.5) is 11.4 Å². The summed E-state index contributed by atoms with van der Waals surface area (Å²) < 4.78 is 5.78. The largest absolute Gasteiger partial charge is 0.478 e. The summed E-state index contributed by atoms with van der Waals surface area (Å²) in [5.41, 5.74) is 2.61. The van der Waals surface area contributed by atoms with Gasteiger partial charge in [0, 0.05) is 5.69 Å². The lowest BCUT2D eigenvalue weighted by Crippen LogP contribution is -2.17. The van der Waals surface area contributed by atoms with E-state index in [9.17, 15) is 39.3 Å². The smallest absolute Gasteiger partial charge is 0.336 e. The van der Waals surface area contributed by atoms with Crippen LogP contribution in [0.1, 0.15) is 57.4 Å². The molecule has 0 fully saturated rings. The Hall–Kier alpha value is -6.21. The van der Waals surface area contributed by atoms with Gasteiger partial charge in [0.2, 0.25) is 0 Å². The summed E-state index contributed by atoms with van der Waals surface area (Å²) in [6, 6.07) is 19.4. The first kappa shape index (κ1) is 29.8. The fourth-order valence-corrected chi connectivity index (χ4v) is 3.84. The van der Waals surface area contributed by atoms with E-state index in [1.807, 2.05) is 0 Å². The Morgan fingerprint density at radius 2 is 1.07 bits per heavy atom. The van der Waals surface area contributed by atoms with Gasteiger partial charge in [0.05, 0.1) is 33.5 Å². The number of benzene rings is 4.